The molecule has 0 amide bonds. The molecule has 0 aromatic heterocycles. The molecule has 0 saturated heterocycles. The van der Waals surface area contributed by atoms with Crippen molar-refractivity contribution in [2.24, 2.45) is 0 Å². The lowest BCUT2D eigenvalue weighted by molar-refractivity contribution is 0.303. The standard InChI is InChI=1S/C16H14FNO/c1-11-3-6-15(8-16(11)17)19-10-14-5-4-13(9-18)7-12(14)2/h3-8H,10H2,1-2H3. The predicted molar refractivity (Wildman–Crippen MR) is 71.4 cm³/mol. The Morgan fingerprint density at radius 2 is 1.89 bits per heavy atom. The highest BCUT2D eigenvalue weighted by molar-refractivity contribution is 5.37. The van der Waals surface area contributed by atoms with E-state index in [1.165, 1.54) is 6.07 Å². The fraction of sp³-hybridized carbons (Fsp3) is 0.188. The summed E-state index contributed by atoms with van der Waals surface area (Å²) in [5.41, 5.74) is 3.20. The lowest BCUT2D eigenvalue weighted by Crippen LogP contribution is -1.99. The van der Waals surface area contributed by atoms with Crippen molar-refractivity contribution in [3.05, 3.63) is 64.5 Å². The molecule has 2 nitrogen and oxygen atoms in total. The Morgan fingerprint density at radius 1 is 1.11 bits per heavy atom. The largest absolute Gasteiger partial charge is 0.489 e. The van der Waals surface area contributed by atoms with Gasteiger partial charge in [-0.05, 0) is 48.7 Å². The number of nitriles is 1. The summed E-state index contributed by atoms with van der Waals surface area (Å²) in [7, 11) is 0. The van der Waals surface area contributed by atoms with Crippen LogP contribution in [0.3, 0.4) is 0 Å². The number of rotatable bonds is 3. The van der Waals surface area contributed by atoms with Gasteiger partial charge >= 0.3 is 0 Å². The molecule has 0 spiro atoms. The Morgan fingerprint density at radius 3 is 2.53 bits per heavy atom. The zero-order valence-electron chi connectivity index (χ0n) is 10.9. The van der Waals surface area contributed by atoms with Crippen LogP contribution < -0.4 is 4.74 Å². The number of halogens is 1. The number of nitrogens with zero attached hydrogens (tertiary/aromatic N) is 1. The first-order valence-electron chi connectivity index (χ1n) is 5.99. The van der Waals surface area contributed by atoms with Gasteiger partial charge in [-0.15, -0.1) is 0 Å². The van der Waals surface area contributed by atoms with Gasteiger partial charge in [-0.2, -0.15) is 5.26 Å². The fourth-order valence-corrected chi connectivity index (χ4v) is 1.75. The van der Waals surface area contributed by atoms with Gasteiger partial charge in [0.25, 0.3) is 0 Å². The van der Waals surface area contributed by atoms with E-state index in [4.69, 9.17) is 10.00 Å². The monoisotopic (exact) mass is 255 g/mol. The number of aryl methyl sites for hydroxylation is 2. The van der Waals surface area contributed by atoms with E-state index < -0.39 is 0 Å². The average Bonchev–Trinajstić information content (AvgIpc) is 2.41. The molecular weight excluding hydrogens is 241 g/mol. The van der Waals surface area contributed by atoms with Gasteiger partial charge in [-0.25, -0.2) is 4.39 Å². The van der Waals surface area contributed by atoms with Gasteiger partial charge in [0.1, 0.15) is 18.2 Å². The third kappa shape index (κ3) is 3.11. The van der Waals surface area contributed by atoms with Gasteiger partial charge in [0, 0.05) is 6.07 Å². The maximum atomic E-state index is 13.4. The second kappa shape index (κ2) is 5.53. The van der Waals surface area contributed by atoms with Gasteiger partial charge in [0.15, 0.2) is 0 Å². The molecular formula is C16H14FNO. The minimum absolute atomic E-state index is 0.269. The first-order chi connectivity index (χ1) is 9.10. The van der Waals surface area contributed by atoms with Crippen LogP contribution in [0.1, 0.15) is 22.3 Å². The van der Waals surface area contributed by atoms with Crippen LogP contribution in [0.5, 0.6) is 5.75 Å². The third-order valence-corrected chi connectivity index (χ3v) is 3.01. The lowest BCUT2D eigenvalue weighted by atomic mass is 10.1. The van der Waals surface area contributed by atoms with E-state index in [0.29, 0.717) is 23.5 Å². The van der Waals surface area contributed by atoms with E-state index in [-0.39, 0.29) is 5.82 Å². The van der Waals surface area contributed by atoms with E-state index in [1.54, 1.807) is 25.1 Å². The quantitative estimate of drug-likeness (QED) is 0.833. The zero-order chi connectivity index (χ0) is 13.8. The van der Waals surface area contributed by atoms with Gasteiger partial charge < -0.3 is 4.74 Å². The van der Waals surface area contributed by atoms with E-state index >= 15 is 0 Å². The minimum Gasteiger partial charge on any atom is -0.489 e. The highest BCUT2D eigenvalue weighted by Gasteiger charge is 2.03. The number of benzene rings is 2. The van der Waals surface area contributed by atoms with Crippen molar-refractivity contribution < 1.29 is 9.13 Å². The Hall–Kier alpha value is -2.34. The Kier molecular flexibility index (Phi) is 3.82. The molecule has 0 fully saturated rings. The van der Waals surface area contributed by atoms with Crippen molar-refractivity contribution >= 4 is 0 Å². The molecule has 0 heterocycles. The van der Waals surface area contributed by atoms with E-state index in [2.05, 4.69) is 6.07 Å². The predicted octanol–water partition coefficient (Wildman–Crippen LogP) is 3.89. The molecule has 0 aliphatic rings. The SMILES string of the molecule is Cc1ccc(OCc2ccc(C#N)cc2C)cc1F. The molecule has 0 radical (unpaired) electrons. The van der Waals surface area contributed by atoms with Gasteiger partial charge in [-0.3, -0.25) is 0 Å². The van der Waals surface area contributed by atoms with Crippen LogP contribution in [-0.4, -0.2) is 0 Å². The molecule has 0 bridgehead atoms. The van der Waals surface area contributed by atoms with Crippen molar-refractivity contribution in [1.82, 2.24) is 0 Å². The van der Waals surface area contributed by atoms with Crippen molar-refractivity contribution in [1.29, 1.82) is 5.26 Å². The fourth-order valence-electron chi connectivity index (χ4n) is 1.75. The van der Waals surface area contributed by atoms with Crippen molar-refractivity contribution in [2.75, 3.05) is 0 Å². The van der Waals surface area contributed by atoms with Crippen molar-refractivity contribution in [3.63, 3.8) is 0 Å². The minimum atomic E-state index is -0.269. The summed E-state index contributed by atoms with van der Waals surface area (Å²) in [6.45, 7) is 4.00. The van der Waals surface area contributed by atoms with Crippen LogP contribution in [0.2, 0.25) is 0 Å². The summed E-state index contributed by atoms with van der Waals surface area (Å²) >= 11 is 0. The summed E-state index contributed by atoms with van der Waals surface area (Å²) in [6.07, 6.45) is 0. The molecule has 0 atom stereocenters. The molecule has 2 aromatic carbocycles. The van der Waals surface area contributed by atoms with E-state index in [0.717, 1.165) is 11.1 Å². The first-order valence-corrected chi connectivity index (χ1v) is 5.99. The zero-order valence-corrected chi connectivity index (χ0v) is 10.9. The first kappa shape index (κ1) is 13.1. The second-order valence-electron chi connectivity index (χ2n) is 4.45. The summed E-state index contributed by atoms with van der Waals surface area (Å²) in [5, 5.41) is 8.79. The summed E-state index contributed by atoms with van der Waals surface area (Å²) in [5.74, 6) is 0.237. The van der Waals surface area contributed by atoms with Crippen LogP contribution in [-0.2, 0) is 6.61 Å². The molecule has 0 unspecified atom stereocenters. The maximum absolute atomic E-state index is 13.4. The van der Waals surface area contributed by atoms with Crippen LogP contribution in [0.4, 0.5) is 4.39 Å². The third-order valence-electron chi connectivity index (χ3n) is 3.01. The molecule has 0 aliphatic carbocycles. The molecule has 3 heteroatoms. The molecule has 19 heavy (non-hydrogen) atoms. The van der Waals surface area contributed by atoms with Crippen LogP contribution in [0.25, 0.3) is 0 Å². The lowest BCUT2D eigenvalue weighted by Gasteiger charge is -2.09. The topological polar surface area (TPSA) is 33.0 Å². The second-order valence-corrected chi connectivity index (χ2v) is 4.45. The molecule has 96 valence electrons. The van der Waals surface area contributed by atoms with Crippen LogP contribution in [0.15, 0.2) is 36.4 Å². The number of ether oxygens (including phenoxy) is 1. The van der Waals surface area contributed by atoms with Gasteiger partial charge in [-0.1, -0.05) is 12.1 Å². The number of hydrogen-bond donors (Lipinski definition) is 0. The average molecular weight is 255 g/mol. The van der Waals surface area contributed by atoms with Gasteiger partial charge in [0.05, 0.1) is 11.6 Å². The summed E-state index contributed by atoms with van der Waals surface area (Å²) in [6, 6.07) is 12.3. The summed E-state index contributed by atoms with van der Waals surface area (Å²) < 4.78 is 18.9. The Balaban J connectivity index is 2.10. The summed E-state index contributed by atoms with van der Waals surface area (Å²) in [4.78, 5) is 0. The molecule has 2 rings (SSSR count). The molecule has 0 saturated carbocycles. The Labute approximate surface area is 112 Å². The van der Waals surface area contributed by atoms with Crippen molar-refractivity contribution in [3.8, 4) is 11.8 Å². The smallest absolute Gasteiger partial charge is 0.129 e. The van der Waals surface area contributed by atoms with Gasteiger partial charge in [0.2, 0.25) is 0 Å². The van der Waals surface area contributed by atoms with E-state index in [9.17, 15) is 4.39 Å². The van der Waals surface area contributed by atoms with Crippen LogP contribution >= 0.6 is 0 Å². The molecule has 0 aliphatic heterocycles. The Bertz CT molecular complexity index is 644. The highest BCUT2D eigenvalue weighted by Crippen LogP contribution is 2.18. The van der Waals surface area contributed by atoms with E-state index in [1.807, 2.05) is 19.1 Å². The van der Waals surface area contributed by atoms with Crippen molar-refractivity contribution in [2.45, 2.75) is 20.5 Å². The molecule has 2 aromatic rings. The van der Waals surface area contributed by atoms with Crippen LogP contribution in [0, 0.1) is 31.0 Å². The molecule has 0 N–H and O–H groups in total. The normalized spacial score (nSPS) is 10.0. The number of hydrogen-bond acceptors (Lipinski definition) is 2. The maximum Gasteiger partial charge on any atom is 0.129 e. The highest BCUT2D eigenvalue weighted by atomic mass is 19.1.